The maximum absolute atomic E-state index is 10.6. The third-order valence-electron chi connectivity index (χ3n) is 2.94. The molecule has 0 unspecified atom stereocenters. The Morgan fingerprint density at radius 2 is 1.69 bits per heavy atom. The van der Waals surface area contributed by atoms with E-state index >= 15 is 0 Å². The number of aliphatic carboxylic acids is 1. The minimum Gasteiger partial charge on any atom is -0.481 e. The third-order valence-corrected chi connectivity index (χ3v) is 2.94. The average molecular weight is 206 g/mol. The van der Waals surface area contributed by atoms with Gasteiger partial charge in [0.25, 0.3) is 0 Å². The lowest BCUT2D eigenvalue weighted by atomic mass is 9.97. The van der Waals surface area contributed by atoms with Crippen LogP contribution in [0.1, 0.15) is 25.7 Å². The lowest BCUT2D eigenvalue weighted by molar-refractivity contribution is -0.143. The summed E-state index contributed by atoms with van der Waals surface area (Å²) in [5.41, 5.74) is 0. The molecule has 1 heterocycles. The van der Waals surface area contributed by atoms with Gasteiger partial charge in [0.2, 0.25) is 0 Å². The maximum Gasteiger partial charge on any atom is 0.306 e. The Morgan fingerprint density at radius 1 is 1.15 bits per heavy atom. The van der Waals surface area contributed by atoms with E-state index in [1.165, 1.54) is 12.8 Å². The van der Waals surface area contributed by atoms with Crippen molar-refractivity contribution >= 4 is 18.4 Å². The van der Waals surface area contributed by atoms with E-state index in [2.05, 4.69) is 4.90 Å². The second-order valence-corrected chi connectivity index (χ2v) is 3.88. The van der Waals surface area contributed by atoms with Gasteiger partial charge in [0.15, 0.2) is 0 Å². The van der Waals surface area contributed by atoms with Gasteiger partial charge in [-0.3, -0.25) is 4.79 Å². The molecule has 0 spiro atoms. The highest BCUT2D eigenvalue weighted by atomic mass is 35.5. The van der Waals surface area contributed by atoms with Gasteiger partial charge < -0.3 is 10.0 Å². The summed E-state index contributed by atoms with van der Waals surface area (Å²) in [5, 5.41) is 8.76. The summed E-state index contributed by atoms with van der Waals surface area (Å²) in [7, 11) is 0. The zero-order valence-electron chi connectivity index (χ0n) is 7.61. The van der Waals surface area contributed by atoms with Gasteiger partial charge in [-0.25, -0.2) is 0 Å². The van der Waals surface area contributed by atoms with Crippen LogP contribution in [0.2, 0.25) is 0 Å². The van der Waals surface area contributed by atoms with Crippen molar-refractivity contribution in [3.8, 4) is 0 Å². The molecule has 1 N–H and O–H groups in total. The van der Waals surface area contributed by atoms with Crippen LogP contribution in [0.4, 0.5) is 0 Å². The van der Waals surface area contributed by atoms with Crippen molar-refractivity contribution in [3.05, 3.63) is 0 Å². The van der Waals surface area contributed by atoms with Crippen molar-refractivity contribution in [2.75, 3.05) is 13.1 Å². The normalized spacial score (nSPS) is 25.2. The Morgan fingerprint density at radius 3 is 2.08 bits per heavy atom. The van der Waals surface area contributed by atoms with Gasteiger partial charge in [0.05, 0.1) is 5.92 Å². The molecule has 2 fully saturated rings. The molecule has 4 heteroatoms. The molecule has 0 aromatic rings. The molecule has 2 rings (SSSR count). The van der Waals surface area contributed by atoms with E-state index in [0.29, 0.717) is 0 Å². The molecule has 0 aromatic heterocycles. The number of piperidine rings is 1. The minimum absolute atomic E-state index is 0. The van der Waals surface area contributed by atoms with Crippen LogP contribution in [0.25, 0.3) is 0 Å². The monoisotopic (exact) mass is 205 g/mol. The Kier molecular flexibility index (Phi) is 3.56. The van der Waals surface area contributed by atoms with Crippen LogP contribution < -0.4 is 0 Å². The van der Waals surface area contributed by atoms with Crippen LogP contribution in [0.15, 0.2) is 0 Å². The number of hydrogen-bond acceptors (Lipinski definition) is 2. The van der Waals surface area contributed by atoms with E-state index in [0.717, 1.165) is 32.0 Å². The number of nitrogens with zero attached hydrogens (tertiary/aromatic N) is 1. The van der Waals surface area contributed by atoms with Crippen LogP contribution in [0.3, 0.4) is 0 Å². The number of carbonyl (C=O) groups is 1. The highest BCUT2D eigenvalue weighted by Gasteiger charge is 2.33. The second-order valence-electron chi connectivity index (χ2n) is 3.88. The predicted molar refractivity (Wildman–Crippen MR) is 52.2 cm³/mol. The first-order valence-corrected chi connectivity index (χ1v) is 4.74. The Balaban J connectivity index is 0.000000845. The SMILES string of the molecule is Cl.O=C(O)C1CCN(C2CC2)CC1. The van der Waals surface area contributed by atoms with Crippen molar-refractivity contribution in [2.45, 2.75) is 31.7 Å². The molecule has 76 valence electrons. The quantitative estimate of drug-likeness (QED) is 0.740. The van der Waals surface area contributed by atoms with Gasteiger partial charge in [0.1, 0.15) is 0 Å². The van der Waals surface area contributed by atoms with Crippen molar-refractivity contribution in [1.82, 2.24) is 4.90 Å². The summed E-state index contributed by atoms with van der Waals surface area (Å²) >= 11 is 0. The smallest absolute Gasteiger partial charge is 0.306 e. The zero-order chi connectivity index (χ0) is 8.55. The summed E-state index contributed by atoms with van der Waals surface area (Å²) in [6.07, 6.45) is 4.37. The molecule has 0 atom stereocenters. The van der Waals surface area contributed by atoms with Gasteiger partial charge >= 0.3 is 5.97 Å². The van der Waals surface area contributed by atoms with E-state index in [9.17, 15) is 4.79 Å². The van der Waals surface area contributed by atoms with Crippen molar-refractivity contribution in [3.63, 3.8) is 0 Å². The topological polar surface area (TPSA) is 40.5 Å². The summed E-state index contributed by atoms with van der Waals surface area (Å²) in [4.78, 5) is 13.1. The summed E-state index contributed by atoms with van der Waals surface area (Å²) in [6, 6.07) is 0.805. The first kappa shape index (κ1) is 10.8. The molecular formula is C9H16ClNO2. The van der Waals surface area contributed by atoms with Crippen molar-refractivity contribution < 1.29 is 9.90 Å². The number of likely N-dealkylation sites (tertiary alicyclic amines) is 1. The van der Waals surface area contributed by atoms with Crippen LogP contribution >= 0.6 is 12.4 Å². The molecule has 1 aliphatic heterocycles. The highest BCUT2D eigenvalue weighted by molar-refractivity contribution is 5.85. The van der Waals surface area contributed by atoms with E-state index in [-0.39, 0.29) is 18.3 Å². The van der Waals surface area contributed by atoms with E-state index in [4.69, 9.17) is 5.11 Å². The van der Waals surface area contributed by atoms with Gasteiger partial charge in [-0.2, -0.15) is 0 Å². The Hall–Kier alpha value is -0.280. The minimum atomic E-state index is -0.606. The lowest BCUT2D eigenvalue weighted by Gasteiger charge is -2.29. The molecule has 2 aliphatic rings. The molecule has 13 heavy (non-hydrogen) atoms. The number of hydrogen-bond donors (Lipinski definition) is 1. The van der Waals surface area contributed by atoms with E-state index in [1.54, 1.807) is 0 Å². The van der Waals surface area contributed by atoms with Gasteiger partial charge in [-0.05, 0) is 38.8 Å². The fourth-order valence-electron chi connectivity index (χ4n) is 1.95. The largest absolute Gasteiger partial charge is 0.481 e. The number of carboxylic acid groups (broad SMARTS) is 1. The maximum atomic E-state index is 10.6. The van der Waals surface area contributed by atoms with E-state index < -0.39 is 5.97 Å². The zero-order valence-corrected chi connectivity index (χ0v) is 8.42. The molecule has 1 saturated heterocycles. The van der Waals surface area contributed by atoms with Gasteiger partial charge in [-0.1, -0.05) is 0 Å². The van der Waals surface area contributed by atoms with Gasteiger partial charge in [0, 0.05) is 6.04 Å². The molecule has 0 radical (unpaired) electrons. The molecule has 1 aliphatic carbocycles. The average Bonchev–Trinajstić information content (AvgIpc) is 2.87. The molecule has 0 aromatic carbocycles. The Labute approximate surface area is 84.5 Å². The number of carboxylic acids is 1. The van der Waals surface area contributed by atoms with E-state index in [1.807, 2.05) is 0 Å². The molecule has 0 amide bonds. The first-order valence-electron chi connectivity index (χ1n) is 4.74. The molecule has 1 saturated carbocycles. The number of halogens is 1. The predicted octanol–water partition coefficient (Wildman–Crippen LogP) is 1.37. The Bertz CT molecular complexity index is 186. The molecule has 3 nitrogen and oxygen atoms in total. The summed E-state index contributed by atoms with van der Waals surface area (Å²) in [5.74, 6) is -0.676. The fourth-order valence-corrected chi connectivity index (χ4v) is 1.95. The highest BCUT2D eigenvalue weighted by Crippen LogP contribution is 2.30. The van der Waals surface area contributed by atoms with Crippen molar-refractivity contribution in [1.29, 1.82) is 0 Å². The van der Waals surface area contributed by atoms with Crippen LogP contribution in [0.5, 0.6) is 0 Å². The standard InChI is InChI=1S/C9H15NO2.ClH/c11-9(12)7-3-5-10(6-4-7)8-1-2-8;/h7-8H,1-6H2,(H,11,12);1H. The fraction of sp³-hybridized carbons (Fsp3) is 0.889. The lowest BCUT2D eigenvalue weighted by Crippen LogP contribution is -2.37. The number of rotatable bonds is 2. The summed E-state index contributed by atoms with van der Waals surface area (Å²) in [6.45, 7) is 2.00. The second kappa shape index (κ2) is 4.29. The first-order chi connectivity index (χ1) is 5.77. The van der Waals surface area contributed by atoms with Crippen LogP contribution in [-0.2, 0) is 4.79 Å². The third kappa shape index (κ3) is 2.58. The van der Waals surface area contributed by atoms with Crippen LogP contribution in [-0.4, -0.2) is 35.1 Å². The molecule has 0 bridgehead atoms. The van der Waals surface area contributed by atoms with Crippen LogP contribution in [0, 0.1) is 5.92 Å². The van der Waals surface area contributed by atoms with Crippen molar-refractivity contribution in [2.24, 2.45) is 5.92 Å². The summed E-state index contributed by atoms with van der Waals surface area (Å²) < 4.78 is 0. The molecular weight excluding hydrogens is 190 g/mol. The van der Waals surface area contributed by atoms with Gasteiger partial charge in [-0.15, -0.1) is 12.4 Å².